The third-order valence-corrected chi connectivity index (χ3v) is 5.55. The first kappa shape index (κ1) is 17.4. The predicted molar refractivity (Wildman–Crippen MR) is 97.1 cm³/mol. The lowest BCUT2D eigenvalue weighted by Gasteiger charge is -2.29. The van der Waals surface area contributed by atoms with Crippen molar-refractivity contribution in [2.24, 2.45) is 0 Å². The first-order valence-corrected chi connectivity index (χ1v) is 10.0. The van der Waals surface area contributed by atoms with Gasteiger partial charge in [-0.25, -0.2) is 8.42 Å². The fourth-order valence-corrected chi connectivity index (χ4v) is 4.06. The molecule has 1 aromatic heterocycles. The van der Waals surface area contributed by atoms with E-state index in [0.717, 1.165) is 24.0 Å². The number of hydrogen-bond donors (Lipinski definition) is 1. The molecule has 1 aromatic carbocycles. The molecule has 0 radical (unpaired) electrons. The molecule has 1 aliphatic heterocycles. The van der Waals surface area contributed by atoms with Crippen molar-refractivity contribution in [3.8, 4) is 0 Å². The monoisotopic (exact) mass is 359 g/mol. The van der Waals surface area contributed by atoms with Crippen molar-refractivity contribution in [2.75, 3.05) is 17.1 Å². The molecule has 0 saturated carbocycles. The van der Waals surface area contributed by atoms with Crippen LogP contribution >= 0.6 is 0 Å². The molecule has 0 bridgehead atoms. The second kappa shape index (κ2) is 6.84. The summed E-state index contributed by atoms with van der Waals surface area (Å²) in [5.41, 5.74) is 3.08. The molecular weight excluding hydrogens is 338 g/mol. The van der Waals surface area contributed by atoms with Crippen LogP contribution in [0.15, 0.2) is 42.7 Å². The van der Waals surface area contributed by atoms with Crippen LogP contribution in [0.1, 0.15) is 40.9 Å². The summed E-state index contributed by atoms with van der Waals surface area (Å²) >= 11 is 0. The van der Waals surface area contributed by atoms with E-state index in [1.165, 1.54) is 10.6 Å². The summed E-state index contributed by atoms with van der Waals surface area (Å²) in [5.74, 6) is -0.177. The lowest BCUT2D eigenvalue weighted by Crippen LogP contribution is -2.35. The van der Waals surface area contributed by atoms with E-state index in [-0.39, 0.29) is 11.9 Å². The van der Waals surface area contributed by atoms with Gasteiger partial charge in [0.25, 0.3) is 5.91 Å². The van der Waals surface area contributed by atoms with Crippen LogP contribution in [0.3, 0.4) is 0 Å². The Bertz CT molecular complexity index is 882. The molecule has 25 heavy (non-hydrogen) atoms. The molecule has 1 atom stereocenters. The van der Waals surface area contributed by atoms with Crippen molar-refractivity contribution in [2.45, 2.75) is 25.8 Å². The van der Waals surface area contributed by atoms with Crippen molar-refractivity contribution >= 4 is 21.6 Å². The number of benzene rings is 1. The van der Waals surface area contributed by atoms with Crippen LogP contribution < -0.4 is 9.62 Å². The van der Waals surface area contributed by atoms with Gasteiger partial charge in [0.2, 0.25) is 10.0 Å². The maximum Gasteiger partial charge on any atom is 0.251 e. The number of amides is 1. The number of hydrogen-bond acceptors (Lipinski definition) is 4. The smallest absolute Gasteiger partial charge is 0.251 e. The SMILES string of the molecule is CC(NC(=O)c1ccc2c(c1)CCCN2S(C)(=O)=O)c1ccncc1. The highest BCUT2D eigenvalue weighted by Gasteiger charge is 2.24. The molecule has 1 amide bonds. The number of sulfonamides is 1. The van der Waals surface area contributed by atoms with Crippen molar-refractivity contribution in [3.05, 3.63) is 59.4 Å². The molecule has 0 spiro atoms. The molecule has 1 aliphatic rings. The number of carbonyl (C=O) groups is 1. The number of anilines is 1. The zero-order chi connectivity index (χ0) is 18.0. The van der Waals surface area contributed by atoms with Crippen LogP contribution in [0, 0.1) is 0 Å². The largest absolute Gasteiger partial charge is 0.346 e. The Hall–Kier alpha value is -2.41. The fourth-order valence-electron chi connectivity index (χ4n) is 3.06. The minimum atomic E-state index is -3.30. The highest BCUT2D eigenvalue weighted by Crippen LogP contribution is 2.30. The number of pyridine rings is 1. The number of carbonyl (C=O) groups excluding carboxylic acids is 1. The van der Waals surface area contributed by atoms with Gasteiger partial charge in [-0.2, -0.15) is 0 Å². The third kappa shape index (κ3) is 3.82. The summed E-state index contributed by atoms with van der Waals surface area (Å²) < 4.78 is 25.2. The van der Waals surface area contributed by atoms with Gasteiger partial charge < -0.3 is 5.32 Å². The van der Waals surface area contributed by atoms with Gasteiger partial charge >= 0.3 is 0 Å². The van der Waals surface area contributed by atoms with Crippen LogP contribution in [0.4, 0.5) is 5.69 Å². The first-order valence-electron chi connectivity index (χ1n) is 8.17. The summed E-state index contributed by atoms with van der Waals surface area (Å²) in [6.07, 6.45) is 6.10. The normalized spacial score (nSPS) is 15.4. The number of rotatable bonds is 4. The molecule has 1 N–H and O–H groups in total. The number of aromatic nitrogens is 1. The van der Waals surface area contributed by atoms with Crippen molar-refractivity contribution in [3.63, 3.8) is 0 Å². The quantitative estimate of drug-likeness (QED) is 0.908. The Morgan fingerprint density at radius 3 is 2.64 bits per heavy atom. The Kier molecular flexibility index (Phi) is 4.76. The molecule has 2 aromatic rings. The van der Waals surface area contributed by atoms with E-state index < -0.39 is 10.0 Å². The lowest BCUT2D eigenvalue weighted by molar-refractivity contribution is 0.0939. The molecule has 7 heteroatoms. The Balaban J connectivity index is 1.81. The molecule has 6 nitrogen and oxygen atoms in total. The Labute approximate surface area is 147 Å². The Morgan fingerprint density at radius 2 is 1.96 bits per heavy atom. The summed E-state index contributed by atoms with van der Waals surface area (Å²) in [7, 11) is -3.30. The fraction of sp³-hybridized carbons (Fsp3) is 0.333. The molecule has 132 valence electrons. The molecule has 2 heterocycles. The molecule has 3 rings (SSSR count). The van der Waals surface area contributed by atoms with Gasteiger partial charge in [-0.15, -0.1) is 0 Å². The third-order valence-electron chi connectivity index (χ3n) is 4.37. The van der Waals surface area contributed by atoms with E-state index in [1.54, 1.807) is 30.6 Å². The highest BCUT2D eigenvalue weighted by atomic mass is 32.2. The average Bonchev–Trinajstić information content (AvgIpc) is 2.60. The van der Waals surface area contributed by atoms with Gasteiger partial charge in [-0.3, -0.25) is 14.1 Å². The van der Waals surface area contributed by atoms with Gasteiger partial charge in [-0.1, -0.05) is 0 Å². The topological polar surface area (TPSA) is 79.4 Å². The van der Waals surface area contributed by atoms with Crippen molar-refractivity contribution in [1.82, 2.24) is 10.3 Å². The number of nitrogens with one attached hydrogen (secondary N) is 1. The van der Waals surface area contributed by atoms with Crippen LogP contribution in [-0.4, -0.2) is 32.1 Å². The maximum atomic E-state index is 12.5. The highest BCUT2D eigenvalue weighted by molar-refractivity contribution is 7.92. The zero-order valence-corrected chi connectivity index (χ0v) is 15.1. The molecule has 1 unspecified atom stereocenters. The predicted octanol–water partition coefficient (Wildman–Crippen LogP) is 2.28. The lowest BCUT2D eigenvalue weighted by atomic mass is 10.00. The standard InChI is InChI=1S/C18H21N3O3S/c1-13(14-7-9-19-10-8-14)20-18(22)16-5-6-17-15(12-16)4-3-11-21(17)25(2,23)24/h5-10,12-13H,3-4,11H2,1-2H3,(H,20,22). The van der Waals surface area contributed by atoms with E-state index in [9.17, 15) is 13.2 Å². The van der Waals surface area contributed by atoms with Gasteiger partial charge in [0.05, 0.1) is 18.0 Å². The number of fused-ring (bicyclic) bond motifs is 1. The van der Waals surface area contributed by atoms with Crippen LogP contribution in [0.2, 0.25) is 0 Å². The first-order chi connectivity index (χ1) is 11.9. The minimum Gasteiger partial charge on any atom is -0.346 e. The maximum absolute atomic E-state index is 12.5. The zero-order valence-electron chi connectivity index (χ0n) is 14.3. The van der Waals surface area contributed by atoms with Crippen molar-refractivity contribution < 1.29 is 13.2 Å². The van der Waals surface area contributed by atoms with E-state index in [4.69, 9.17) is 0 Å². The number of nitrogens with zero attached hydrogens (tertiary/aromatic N) is 2. The summed E-state index contributed by atoms with van der Waals surface area (Å²) in [5, 5.41) is 2.96. The summed E-state index contributed by atoms with van der Waals surface area (Å²) in [4.78, 5) is 16.5. The molecule has 0 saturated heterocycles. The number of aryl methyl sites for hydroxylation is 1. The van der Waals surface area contributed by atoms with Gasteiger partial charge in [0.15, 0.2) is 0 Å². The van der Waals surface area contributed by atoms with E-state index >= 15 is 0 Å². The molecule has 0 fully saturated rings. The van der Waals surface area contributed by atoms with E-state index in [1.807, 2.05) is 19.1 Å². The van der Waals surface area contributed by atoms with Gasteiger partial charge in [0.1, 0.15) is 0 Å². The summed E-state index contributed by atoms with van der Waals surface area (Å²) in [6, 6.07) is 8.78. The second-order valence-corrected chi connectivity index (χ2v) is 8.16. The van der Waals surface area contributed by atoms with Gasteiger partial charge in [-0.05, 0) is 61.2 Å². The second-order valence-electron chi connectivity index (χ2n) is 6.26. The van der Waals surface area contributed by atoms with Gasteiger partial charge in [0, 0.05) is 24.5 Å². The van der Waals surface area contributed by atoms with E-state index in [0.29, 0.717) is 17.8 Å². The van der Waals surface area contributed by atoms with Crippen molar-refractivity contribution in [1.29, 1.82) is 0 Å². The van der Waals surface area contributed by atoms with E-state index in [2.05, 4.69) is 10.3 Å². The average molecular weight is 359 g/mol. The van der Waals surface area contributed by atoms with Crippen LogP contribution in [-0.2, 0) is 16.4 Å². The van der Waals surface area contributed by atoms with Crippen LogP contribution in [0.5, 0.6) is 0 Å². The summed E-state index contributed by atoms with van der Waals surface area (Å²) in [6.45, 7) is 2.40. The minimum absolute atomic E-state index is 0.140. The molecular formula is C18H21N3O3S. The van der Waals surface area contributed by atoms with Crippen LogP contribution in [0.25, 0.3) is 0 Å². The Morgan fingerprint density at radius 1 is 1.24 bits per heavy atom. The molecule has 0 aliphatic carbocycles.